The van der Waals surface area contributed by atoms with Crippen molar-refractivity contribution in [1.82, 2.24) is 9.78 Å². The lowest BCUT2D eigenvalue weighted by molar-refractivity contribution is -0.384. The monoisotopic (exact) mass is 309 g/mol. The van der Waals surface area contributed by atoms with E-state index in [0.29, 0.717) is 5.69 Å². The summed E-state index contributed by atoms with van der Waals surface area (Å²) < 4.78 is 2.48. The third kappa shape index (κ3) is 2.03. The van der Waals surface area contributed by atoms with Crippen molar-refractivity contribution in [2.45, 2.75) is 20.8 Å². The van der Waals surface area contributed by atoms with Crippen LogP contribution in [0.25, 0.3) is 5.69 Å². The molecule has 2 aromatic rings. The highest BCUT2D eigenvalue weighted by atomic mass is 79.9. The van der Waals surface area contributed by atoms with Gasteiger partial charge in [-0.25, -0.2) is 4.68 Å². The minimum absolute atomic E-state index is 0.0544. The van der Waals surface area contributed by atoms with E-state index in [4.69, 9.17) is 0 Å². The molecule has 1 heterocycles. The first kappa shape index (κ1) is 12.8. The van der Waals surface area contributed by atoms with Gasteiger partial charge in [0.1, 0.15) is 5.69 Å². The van der Waals surface area contributed by atoms with Gasteiger partial charge in [-0.2, -0.15) is 5.10 Å². The Morgan fingerprint density at radius 3 is 2.50 bits per heavy atom. The van der Waals surface area contributed by atoms with Gasteiger partial charge in [0.2, 0.25) is 0 Å². The molecule has 0 spiro atoms. The van der Waals surface area contributed by atoms with Crippen LogP contribution in [-0.4, -0.2) is 14.7 Å². The summed E-state index contributed by atoms with van der Waals surface area (Å²) >= 11 is 3.42. The molecule has 0 fully saturated rings. The highest BCUT2D eigenvalue weighted by Gasteiger charge is 2.19. The van der Waals surface area contributed by atoms with Crippen LogP contribution in [0.15, 0.2) is 22.7 Å². The van der Waals surface area contributed by atoms with Crippen LogP contribution in [0.4, 0.5) is 5.69 Å². The largest absolute Gasteiger partial charge is 0.294 e. The lowest BCUT2D eigenvalue weighted by atomic mass is 10.2. The molecule has 0 bridgehead atoms. The molecule has 0 saturated carbocycles. The number of hydrogen-bond acceptors (Lipinski definition) is 3. The average molecular weight is 310 g/mol. The molecule has 6 heteroatoms. The maximum Gasteiger partial charge on any atom is 0.294 e. The van der Waals surface area contributed by atoms with Crippen molar-refractivity contribution in [2.24, 2.45) is 0 Å². The van der Waals surface area contributed by atoms with E-state index in [1.54, 1.807) is 16.8 Å². The number of rotatable bonds is 2. The molecule has 0 aliphatic heterocycles. The highest BCUT2D eigenvalue weighted by Crippen LogP contribution is 2.28. The maximum atomic E-state index is 11.1. The number of benzene rings is 1. The maximum absolute atomic E-state index is 11.1. The number of halogens is 1. The molecule has 0 N–H and O–H groups in total. The number of nitro benzene ring substituents is 1. The summed E-state index contributed by atoms with van der Waals surface area (Å²) in [7, 11) is 0. The summed E-state index contributed by atoms with van der Waals surface area (Å²) in [5.74, 6) is 0. The molecule has 0 radical (unpaired) electrons. The zero-order valence-corrected chi connectivity index (χ0v) is 11.9. The second kappa shape index (κ2) is 4.53. The Morgan fingerprint density at radius 1 is 1.33 bits per heavy atom. The molecule has 18 heavy (non-hydrogen) atoms. The summed E-state index contributed by atoms with van der Waals surface area (Å²) in [5, 5.41) is 15.4. The quantitative estimate of drug-likeness (QED) is 0.630. The van der Waals surface area contributed by atoms with Gasteiger partial charge < -0.3 is 0 Å². The van der Waals surface area contributed by atoms with Crippen molar-refractivity contribution < 1.29 is 4.92 Å². The number of nitrogens with zero attached hydrogens (tertiary/aromatic N) is 3. The van der Waals surface area contributed by atoms with Gasteiger partial charge in [0, 0.05) is 6.07 Å². The van der Waals surface area contributed by atoms with Gasteiger partial charge in [-0.3, -0.25) is 10.1 Å². The van der Waals surface area contributed by atoms with Gasteiger partial charge in [0.05, 0.1) is 20.8 Å². The molecule has 94 valence electrons. The van der Waals surface area contributed by atoms with Crippen molar-refractivity contribution in [1.29, 1.82) is 0 Å². The molecule has 0 saturated heterocycles. The Kier molecular flexibility index (Phi) is 3.21. The van der Waals surface area contributed by atoms with E-state index in [0.717, 1.165) is 21.4 Å². The minimum atomic E-state index is -0.390. The van der Waals surface area contributed by atoms with Crippen molar-refractivity contribution in [3.63, 3.8) is 0 Å². The zero-order valence-electron chi connectivity index (χ0n) is 10.3. The Balaban J connectivity index is 2.73. The Labute approximate surface area is 113 Å². The lowest BCUT2D eigenvalue weighted by Crippen LogP contribution is -2.04. The van der Waals surface area contributed by atoms with Crippen LogP contribution in [0.5, 0.6) is 0 Å². The van der Waals surface area contributed by atoms with E-state index < -0.39 is 0 Å². The normalized spacial score (nSPS) is 10.7. The van der Waals surface area contributed by atoms with Gasteiger partial charge in [-0.05, 0) is 48.3 Å². The van der Waals surface area contributed by atoms with Crippen molar-refractivity contribution >= 4 is 21.6 Å². The van der Waals surface area contributed by atoms with Gasteiger partial charge in [-0.1, -0.05) is 6.07 Å². The van der Waals surface area contributed by atoms with E-state index in [9.17, 15) is 10.1 Å². The van der Waals surface area contributed by atoms with Crippen LogP contribution in [0.1, 0.15) is 17.0 Å². The fraction of sp³-hybridized carbons (Fsp3) is 0.250. The summed E-state index contributed by atoms with van der Waals surface area (Å²) in [4.78, 5) is 10.7. The summed E-state index contributed by atoms with van der Waals surface area (Å²) in [5.41, 5.74) is 3.16. The number of nitro groups is 1. The van der Waals surface area contributed by atoms with Crippen LogP contribution in [0, 0.1) is 30.9 Å². The molecule has 0 unspecified atom stereocenters. The van der Waals surface area contributed by atoms with Crippen LogP contribution in [-0.2, 0) is 0 Å². The Morgan fingerprint density at radius 2 is 2.00 bits per heavy atom. The van der Waals surface area contributed by atoms with Crippen LogP contribution in [0.3, 0.4) is 0 Å². The summed E-state index contributed by atoms with van der Waals surface area (Å²) in [6.07, 6.45) is 0. The topological polar surface area (TPSA) is 61.0 Å². The third-order valence-corrected chi connectivity index (χ3v) is 3.91. The fourth-order valence-corrected chi connectivity index (χ4v) is 2.06. The van der Waals surface area contributed by atoms with Crippen LogP contribution in [0.2, 0.25) is 0 Å². The molecular weight excluding hydrogens is 298 g/mol. The fourth-order valence-electron chi connectivity index (χ4n) is 1.82. The second-order valence-corrected chi connectivity index (χ2v) is 4.94. The summed E-state index contributed by atoms with van der Waals surface area (Å²) in [6.45, 7) is 5.62. The average Bonchev–Trinajstić information content (AvgIpc) is 2.56. The lowest BCUT2D eigenvalue weighted by Gasteiger charge is -2.06. The van der Waals surface area contributed by atoms with Crippen LogP contribution >= 0.6 is 15.9 Å². The number of hydrogen-bond donors (Lipinski definition) is 0. The highest BCUT2D eigenvalue weighted by molar-refractivity contribution is 9.10. The first-order chi connectivity index (χ1) is 8.41. The van der Waals surface area contributed by atoms with Crippen molar-refractivity contribution in [2.75, 3.05) is 0 Å². The van der Waals surface area contributed by atoms with Crippen molar-refractivity contribution in [3.05, 3.63) is 49.7 Å². The molecule has 5 nitrogen and oxygen atoms in total. The standard InChI is InChI=1S/C12H12BrN3O2/c1-7-4-5-10(16(17)18)11(6-7)15-9(3)12(13)8(2)14-15/h4-6H,1-3H3. The molecule has 1 aromatic carbocycles. The minimum Gasteiger partial charge on any atom is -0.258 e. The van der Waals surface area contributed by atoms with Crippen LogP contribution < -0.4 is 0 Å². The molecule has 0 atom stereocenters. The first-order valence-corrected chi connectivity index (χ1v) is 6.18. The number of aromatic nitrogens is 2. The van der Waals surface area contributed by atoms with Crippen molar-refractivity contribution in [3.8, 4) is 5.69 Å². The number of aryl methyl sites for hydroxylation is 2. The van der Waals surface area contributed by atoms with Gasteiger partial charge >= 0.3 is 0 Å². The van der Waals surface area contributed by atoms with E-state index in [1.165, 1.54) is 6.07 Å². The van der Waals surface area contributed by atoms with Gasteiger partial charge in [0.15, 0.2) is 0 Å². The first-order valence-electron chi connectivity index (χ1n) is 5.39. The predicted molar refractivity (Wildman–Crippen MR) is 72.1 cm³/mol. The molecular formula is C12H12BrN3O2. The Bertz CT molecular complexity index is 634. The molecule has 0 amide bonds. The van der Waals surface area contributed by atoms with E-state index in [1.807, 2.05) is 20.8 Å². The van der Waals surface area contributed by atoms with E-state index in [2.05, 4.69) is 21.0 Å². The summed E-state index contributed by atoms with van der Waals surface area (Å²) in [6, 6.07) is 5.00. The molecule has 1 aromatic heterocycles. The Hall–Kier alpha value is -1.69. The third-order valence-electron chi connectivity index (χ3n) is 2.76. The molecule has 0 aliphatic rings. The molecule has 2 rings (SSSR count). The SMILES string of the molecule is Cc1ccc([N+](=O)[O-])c(-n2nc(C)c(Br)c2C)c1. The van der Waals surface area contributed by atoms with Gasteiger partial charge in [-0.15, -0.1) is 0 Å². The zero-order chi connectivity index (χ0) is 13.4. The smallest absolute Gasteiger partial charge is 0.258 e. The van der Waals surface area contributed by atoms with Gasteiger partial charge in [0.25, 0.3) is 5.69 Å². The predicted octanol–water partition coefficient (Wildman–Crippen LogP) is 3.47. The molecule has 0 aliphatic carbocycles. The second-order valence-electron chi connectivity index (χ2n) is 4.15. The van der Waals surface area contributed by atoms with E-state index in [-0.39, 0.29) is 10.6 Å². The van der Waals surface area contributed by atoms with E-state index >= 15 is 0 Å².